The average Bonchev–Trinajstić information content (AvgIpc) is 2.66. The summed E-state index contributed by atoms with van der Waals surface area (Å²) in [6.45, 7) is 0.690. The summed E-state index contributed by atoms with van der Waals surface area (Å²) >= 11 is 0. The third-order valence-corrected chi connectivity index (χ3v) is 3.67. The van der Waals surface area contributed by atoms with Gasteiger partial charge in [-0.05, 0) is 29.3 Å². The van der Waals surface area contributed by atoms with E-state index in [9.17, 15) is 9.90 Å². The van der Waals surface area contributed by atoms with Gasteiger partial charge in [-0.3, -0.25) is 0 Å². The normalized spacial score (nSPS) is 10.2. The van der Waals surface area contributed by atoms with Crippen molar-refractivity contribution in [2.45, 2.75) is 13.2 Å². The molecule has 0 saturated heterocycles. The Hall–Kier alpha value is -3.27. The summed E-state index contributed by atoms with van der Waals surface area (Å²) in [5, 5.41) is 9.44. The number of rotatable bonds is 7. The van der Waals surface area contributed by atoms with Crippen molar-refractivity contribution in [3.05, 3.63) is 95.6 Å². The zero-order valence-electron chi connectivity index (χ0n) is 13.6. The third-order valence-electron chi connectivity index (χ3n) is 3.67. The van der Waals surface area contributed by atoms with Crippen molar-refractivity contribution in [1.82, 2.24) is 0 Å². The number of carboxylic acid groups (broad SMARTS) is 1. The Morgan fingerprint density at radius 2 is 1.32 bits per heavy atom. The van der Waals surface area contributed by atoms with Crippen LogP contribution >= 0.6 is 0 Å². The Kier molecular flexibility index (Phi) is 5.32. The lowest BCUT2D eigenvalue weighted by atomic mass is 10.2. The molecule has 126 valence electrons. The summed E-state index contributed by atoms with van der Waals surface area (Å²) in [6, 6.07) is 24.2. The molecule has 0 aliphatic rings. The second kappa shape index (κ2) is 8.02. The Bertz CT molecular complexity index is 829. The van der Waals surface area contributed by atoms with Gasteiger partial charge in [-0.25, -0.2) is 4.79 Å². The molecular formula is C21H18O4. The lowest BCUT2D eigenvalue weighted by Crippen LogP contribution is -2.04. The van der Waals surface area contributed by atoms with Gasteiger partial charge in [0.05, 0.1) is 0 Å². The fourth-order valence-electron chi connectivity index (χ4n) is 2.37. The highest BCUT2D eigenvalue weighted by Gasteiger charge is 2.13. The molecule has 3 rings (SSSR count). The van der Waals surface area contributed by atoms with Crippen LogP contribution in [0.2, 0.25) is 0 Å². The minimum Gasteiger partial charge on any atom is -0.489 e. The molecule has 0 amide bonds. The van der Waals surface area contributed by atoms with Gasteiger partial charge in [-0.15, -0.1) is 0 Å². The molecule has 25 heavy (non-hydrogen) atoms. The lowest BCUT2D eigenvalue weighted by molar-refractivity contribution is 0.0691. The van der Waals surface area contributed by atoms with E-state index in [-0.39, 0.29) is 5.56 Å². The molecule has 0 radical (unpaired) electrons. The van der Waals surface area contributed by atoms with Crippen LogP contribution in [0.4, 0.5) is 0 Å². The van der Waals surface area contributed by atoms with Crippen molar-refractivity contribution < 1.29 is 19.4 Å². The molecule has 1 N–H and O–H groups in total. The van der Waals surface area contributed by atoms with Gasteiger partial charge in [0.15, 0.2) is 0 Å². The van der Waals surface area contributed by atoms with E-state index in [1.165, 1.54) is 6.07 Å². The maximum absolute atomic E-state index is 11.5. The van der Waals surface area contributed by atoms with Gasteiger partial charge in [0.2, 0.25) is 0 Å². The Balaban J connectivity index is 1.70. The van der Waals surface area contributed by atoms with Gasteiger partial charge in [0, 0.05) is 0 Å². The highest BCUT2D eigenvalue weighted by Crippen LogP contribution is 2.26. The second-order valence-electron chi connectivity index (χ2n) is 5.51. The fourth-order valence-corrected chi connectivity index (χ4v) is 2.37. The Morgan fingerprint density at radius 1 is 0.760 bits per heavy atom. The molecule has 0 spiro atoms. The molecule has 0 atom stereocenters. The minimum absolute atomic E-state index is 0.0847. The molecule has 0 heterocycles. The van der Waals surface area contributed by atoms with Crippen LogP contribution in [-0.4, -0.2) is 11.1 Å². The summed E-state index contributed by atoms with van der Waals surface area (Å²) in [4.78, 5) is 11.5. The number of hydrogen-bond donors (Lipinski definition) is 1. The summed E-state index contributed by atoms with van der Waals surface area (Å²) in [5.41, 5.74) is 2.08. The van der Waals surface area contributed by atoms with Crippen molar-refractivity contribution in [3.63, 3.8) is 0 Å². The number of carbonyl (C=O) groups is 1. The molecule has 0 bridgehead atoms. The summed E-state index contributed by atoms with van der Waals surface area (Å²) in [6.07, 6.45) is 0. The van der Waals surface area contributed by atoms with Crippen molar-refractivity contribution in [2.24, 2.45) is 0 Å². The Morgan fingerprint density at radius 3 is 1.88 bits per heavy atom. The predicted molar refractivity (Wildman–Crippen MR) is 94.9 cm³/mol. The van der Waals surface area contributed by atoms with Crippen LogP contribution in [0.5, 0.6) is 11.5 Å². The van der Waals surface area contributed by atoms with E-state index in [1.54, 1.807) is 12.1 Å². The zero-order valence-corrected chi connectivity index (χ0v) is 13.6. The van der Waals surface area contributed by atoms with Crippen LogP contribution in [0, 0.1) is 0 Å². The summed E-state index contributed by atoms with van der Waals surface area (Å²) in [5.74, 6) is -0.232. The monoisotopic (exact) mass is 334 g/mol. The molecule has 0 aromatic heterocycles. The molecule has 0 unspecified atom stereocenters. The van der Waals surface area contributed by atoms with Crippen molar-refractivity contribution in [1.29, 1.82) is 0 Å². The molecule has 4 heteroatoms. The smallest absolute Gasteiger partial charge is 0.339 e. The van der Waals surface area contributed by atoms with Crippen molar-refractivity contribution in [3.8, 4) is 11.5 Å². The predicted octanol–water partition coefficient (Wildman–Crippen LogP) is 4.54. The first-order chi connectivity index (χ1) is 12.2. The van der Waals surface area contributed by atoms with E-state index in [0.717, 1.165) is 11.1 Å². The molecule has 0 aliphatic heterocycles. The standard InChI is InChI=1S/C21H18O4/c22-21(23)19-13-18(24-14-16-7-3-1-4-8-16)11-12-20(19)25-15-17-9-5-2-6-10-17/h1-13H,14-15H2,(H,22,23). The first-order valence-corrected chi connectivity index (χ1v) is 7.93. The SMILES string of the molecule is O=C(O)c1cc(OCc2ccccc2)ccc1OCc1ccccc1. The number of benzene rings is 3. The van der Waals surface area contributed by atoms with Gasteiger partial charge >= 0.3 is 5.97 Å². The number of ether oxygens (including phenoxy) is 2. The fraction of sp³-hybridized carbons (Fsp3) is 0.0952. The minimum atomic E-state index is -1.05. The number of aromatic carboxylic acids is 1. The van der Waals surface area contributed by atoms with E-state index in [2.05, 4.69) is 0 Å². The van der Waals surface area contributed by atoms with E-state index in [4.69, 9.17) is 9.47 Å². The Labute approximate surface area is 146 Å². The topological polar surface area (TPSA) is 55.8 Å². The molecule has 3 aromatic rings. The van der Waals surface area contributed by atoms with Gasteiger partial charge in [0.1, 0.15) is 30.3 Å². The van der Waals surface area contributed by atoms with Crippen LogP contribution in [-0.2, 0) is 13.2 Å². The number of carboxylic acids is 1. The van der Waals surface area contributed by atoms with E-state index in [1.807, 2.05) is 60.7 Å². The van der Waals surface area contributed by atoms with Crippen LogP contribution in [0.1, 0.15) is 21.5 Å². The molecular weight excluding hydrogens is 316 g/mol. The van der Waals surface area contributed by atoms with E-state index >= 15 is 0 Å². The maximum Gasteiger partial charge on any atom is 0.339 e. The van der Waals surface area contributed by atoms with Crippen LogP contribution < -0.4 is 9.47 Å². The average molecular weight is 334 g/mol. The van der Waals surface area contributed by atoms with Crippen LogP contribution in [0.15, 0.2) is 78.9 Å². The highest BCUT2D eigenvalue weighted by molar-refractivity contribution is 5.91. The van der Waals surface area contributed by atoms with Crippen LogP contribution in [0.3, 0.4) is 0 Å². The zero-order chi connectivity index (χ0) is 17.5. The number of hydrogen-bond acceptors (Lipinski definition) is 3. The summed E-state index contributed by atoms with van der Waals surface area (Å²) < 4.78 is 11.3. The largest absolute Gasteiger partial charge is 0.489 e. The molecule has 4 nitrogen and oxygen atoms in total. The van der Waals surface area contributed by atoms with E-state index in [0.29, 0.717) is 24.7 Å². The highest BCUT2D eigenvalue weighted by atomic mass is 16.5. The molecule has 3 aromatic carbocycles. The molecule has 0 aliphatic carbocycles. The van der Waals surface area contributed by atoms with E-state index < -0.39 is 5.97 Å². The van der Waals surface area contributed by atoms with Crippen LogP contribution in [0.25, 0.3) is 0 Å². The molecule has 0 saturated carbocycles. The maximum atomic E-state index is 11.5. The first kappa shape index (κ1) is 16.6. The van der Waals surface area contributed by atoms with Gasteiger partial charge < -0.3 is 14.6 Å². The van der Waals surface area contributed by atoms with Crippen molar-refractivity contribution >= 4 is 5.97 Å². The van der Waals surface area contributed by atoms with Gasteiger partial charge in [-0.2, -0.15) is 0 Å². The lowest BCUT2D eigenvalue weighted by Gasteiger charge is -2.12. The van der Waals surface area contributed by atoms with Crippen molar-refractivity contribution in [2.75, 3.05) is 0 Å². The molecule has 0 fully saturated rings. The first-order valence-electron chi connectivity index (χ1n) is 7.93. The second-order valence-corrected chi connectivity index (χ2v) is 5.51. The summed E-state index contributed by atoms with van der Waals surface area (Å²) in [7, 11) is 0. The quantitative estimate of drug-likeness (QED) is 0.689. The third kappa shape index (κ3) is 4.61. The van der Waals surface area contributed by atoms with Gasteiger partial charge in [0.25, 0.3) is 0 Å². The van der Waals surface area contributed by atoms with Gasteiger partial charge in [-0.1, -0.05) is 60.7 Å².